The van der Waals surface area contributed by atoms with Crippen LogP contribution in [0, 0.1) is 12.8 Å². The molecule has 1 unspecified atom stereocenters. The number of aromatic nitrogens is 1. The molecule has 116 valence electrons. The van der Waals surface area contributed by atoms with Gasteiger partial charge in [-0.05, 0) is 42.2 Å². The smallest absolute Gasteiger partial charge is 0.224 e. The van der Waals surface area contributed by atoms with Gasteiger partial charge >= 0.3 is 0 Å². The van der Waals surface area contributed by atoms with Crippen molar-refractivity contribution in [2.24, 2.45) is 5.92 Å². The van der Waals surface area contributed by atoms with Crippen LogP contribution in [0.1, 0.15) is 36.7 Å². The molecule has 0 fully saturated rings. The first-order valence-electron chi connectivity index (χ1n) is 7.52. The van der Waals surface area contributed by atoms with Crippen molar-refractivity contribution in [3.8, 4) is 0 Å². The second kappa shape index (κ2) is 7.07. The van der Waals surface area contributed by atoms with E-state index in [1.165, 1.54) is 0 Å². The Morgan fingerprint density at radius 2 is 1.91 bits per heavy atom. The molecule has 0 spiro atoms. The van der Waals surface area contributed by atoms with Gasteiger partial charge in [0.15, 0.2) is 0 Å². The first-order valence-corrected chi connectivity index (χ1v) is 7.52. The second-order valence-corrected chi connectivity index (χ2v) is 5.91. The van der Waals surface area contributed by atoms with E-state index in [1.54, 1.807) is 6.20 Å². The maximum atomic E-state index is 12.3. The number of carbonyl (C=O) groups excluding carboxylic acids is 1. The summed E-state index contributed by atoms with van der Waals surface area (Å²) in [6.45, 7) is 6.19. The van der Waals surface area contributed by atoms with Crippen LogP contribution in [0.3, 0.4) is 0 Å². The van der Waals surface area contributed by atoms with Crippen LogP contribution in [0.5, 0.6) is 0 Å². The lowest BCUT2D eigenvalue weighted by molar-refractivity contribution is -0.121. The zero-order chi connectivity index (χ0) is 16.1. The van der Waals surface area contributed by atoms with Gasteiger partial charge in [-0.25, -0.2) is 0 Å². The van der Waals surface area contributed by atoms with Crippen LogP contribution in [-0.2, 0) is 11.2 Å². The first kappa shape index (κ1) is 16.0. The van der Waals surface area contributed by atoms with Crippen molar-refractivity contribution in [3.05, 3.63) is 59.4 Å². The van der Waals surface area contributed by atoms with Crippen molar-refractivity contribution >= 4 is 11.6 Å². The number of pyridine rings is 1. The summed E-state index contributed by atoms with van der Waals surface area (Å²) in [5.74, 6) is 0.262. The molecular formula is C18H23N3O. The molecule has 1 aromatic carbocycles. The maximum absolute atomic E-state index is 12.3. The monoisotopic (exact) mass is 297 g/mol. The van der Waals surface area contributed by atoms with Gasteiger partial charge in [0.1, 0.15) is 0 Å². The summed E-state index contributed by atoms with van der Waals surface area (Å²) in [5, 5.41) is 3.10. The van der Waals surface area contributed by atoms with Gasteiger partial charge in [-0.15, -0.1) is 0 Å². The number of aryl methyl sites for hydroxylation is 1. The van der Waals surface area contributed by atoms with Crippen LogP contribution in [0.15, 0.2) is 42.6 Å². The molecule has 4 heteroatoms. The summed E-state index contributed by atoms with van der Waals surface area (Å²) in [6.07, 6.45) is 2.11. The van der Waals surface area contributed by atoms with Crippen molar-refractivity contribution in [2.45, 2.75) is 33.2 Å². The molecule has 22 heavy (non-hydrogen) atoms. The molecule has 0 saturated heterocycles. The van der Waals surface area contributed by atoms with E-state index in [9.17, 15) is 4.79 Å². The minimum absolute atomic E-state index is 0.00600. The average molecular weight is 297 g/mol. The lowest BCUT2D eigenvalue weighted by Gasteiger charge is -2.23. The third kappa shape index (κ3) is 4.07. The second-order valence-electron chi connectivity index (χ2n) is 5.91. The quantitative estimate of drug-likeness (QED) is 0.834. The van der Waals surface area contributed by atoms with Gasteiger partial charge in [0.2, 0.25) is 5.91 Å². The SMILES string of the molecule is Cc1cccnc1C(NC(=O)Cc1ccc(N)cc1)C(C)C. The van der Waals surface area contributed by atoms with Gasteiger partial charge in [-0.3, -0.25) is 9.78 Å². The van der Waals surface area contributed by atoms with E-state index < -0.39 is 0 Å². The van der Waals surface area contributed by atoms with E-state index in [-0.39, 0.29) is 17.9 Å². The Morgan fingerprint density at radius 3 is 2.50 bits per heavy atom. The summed E-state index contributed by atoms with van der Waals surface area (Å²) in [6, 6.07) is 11.2. The number of nitrogens with two attached hydrogens (primary N) is 1. The van der Waals surface area contributed by atoms with Crippen molar-refractivity contribution in [3.63, 3.8) is 0 Å². The number of benzene rings is 1. The van der Waals surface area contributed by atoms with Crippen LogP contribution >= 0.6 is 0 Å². The molecule has 2 rings (SSSR count). The standard InChI is InChI=1S/C18H23N3O/c1-12(2)17(18-13(3)5-4-10-20-18)21-16(22)11-14-6-8-15(19)9-7-14/h4-10,12,17H,11,19H2,1-3H3,(H,21,22). The predicted molar refractivity (Wildman–Crippen MR) is 89.3 cm³/mol. The van der Waals surface area contributed by atoms with Crippen molar-refractivity contribution in [1.29, 1.82) is 0 Å². The van der Waals surface area contributed by atoms with Crippen LogP contribution in [-0.4, -0.2) is 10.9 Å². The minimum Gasteiger partial charge on any atom is -0.399 e. The first-order chi connectivity index (χ1) is 10.5. The fraction of sp³-hybridized carbons (Fsp3) is 0.333. The van der Waals surface area contributed by atoms with Gasteiger partial charge in [0.05, 0.1) is 18.2 Å². The maximum Gasteiger partial charge on any atom is 0.224 e. The fourth-order valence-corrected chi connectivity index (χ4v) is 2.42. The Bertz CT molecular complexity index is 635. The topological polar surface area (TPSA) is 68.0 Å². The molecule has 1 aromatic heterocycles. The molecule has 4 nitrogen and oxygen atoms in total. The van der Waals surface area contributed by atoms with E-state index in [0.29, 0.717) is 12.1 Å². The molecule has 2 aromatic rings. The van der Waals surface area contributed by atoms with Gasteiger partial charge in [-0.2, -0.15) is 0 Å². The number of rotatable bonds is 5. The third-order valence-electron chi connectivity index (χ3n) is 3.67. The molecule has 0 aliphatic rings. The van der Waals surface area contributed by atoms with E-state index in [0.717, 1.165) is 16.8 Å². The van der Waals surface area contributed by atoms with Crippen molar-refractivity contribution < 1.29 is 4.79 Å². The molecule has 0 saturated carbocycles. The van der Waals surface area contributed by atoms with Crippen molar-refractivity contribution in [1.82, 2.24) is 10.3 Å². The normalized spacial score (nSPS) is 12.2. The van der Waals surface area contributed by atoms with Gasteiger partial charge < -0.3 is 11.1 Å². The number of amides is 1. The summed E-state index contributed by atoms with van der Waals surface area (Å²) < 4.78 is 0. The number of nitrogens with zero attached hydrogens (tertiary/aromatic N) is 1. The number of carbonyl (C=O) groups is 1. The largest absolute Gasteiger partial charge is 0.399 e. The Morgan fingerprint density at radius 1 is 1.23 bits per heavy atom. The Labute approximate surface area is 131 Å². The number of nitrogen functional groups attached to an aromatic ring is 1. The summed E-state index contributed by atoms with van der Waals surface area (Å²) in [7, 11) is 0. The van der Waals surface area contributed by atoms with Crippen molar-refractivity contribution in [2.75, 3.05) is 5.73 Å². The highest BCUT2D eigenvalue weighted by Gasteiger charge is 2.21. The highest BCUT2D eigenvalue weighted by atomic mass is 16.1. The highest BCUT2D eigenvalue weighted by molar-refractivity contribution is 5.79. The molecule has 1 atom stereocenters. The number of nitrogens with one attached hydrogen (secondary N) is 1. The van der Waals surface area contributed by atoms with E-state index in [2.05, 4.69) is 24.1 Å². The molecule has 3 N–H and O–H groups in total. The number of hydrogen-bond donors (Lipinski definition) is 2. The summed E-state index contributed by atoms with van der Waals surface area (Å²) >= 11 is 0. The average Bonchev–Trinajstić information content (AvgIpc) is 2.48. The lowest BCUT2D eigenvalue weighted by atomic mass is 9.97. The molecule has 0 aliphatic carbocycles. The zero-order valence-electron chi connectivity index (χ0n) is 13.3. The predicted octanol–water partition coefficient (Wildman–Crippen LogP) is 3.03. The van der Waals surface area contributed by atoms with Gasteiger partial charge in [-0.1, -0.05) is 32.0 Å². The molecule has 1 heterocycles. The highest BCUT2D eigenvalue weighted by Crippen LogP contribution is 2.22. The van der Waals surface area contributed by atoms with Crippen LogP contribution in [0.2, 0.25) is 0 Å². The lowest BCUT2D eigenvalue weighted by Crippen LogP contribution is -2.33. The summed E-state index contributed by atoms with van der Waals surface area (Å²) in [5.41, 5.74) is 9.34. The summed E-state index contributed by atoms with van der Waals surface area (Å²) in [4.78, 5) is 16.8. The number of anilines is 1. The van der Waals surface area contributed by atoms with E-state index >= 15 is 0 Å². The molecule has 0 radical (unpaired) electrons. The Hall–Kier alpha value is -2.36. The Kier molecular flexibility index (Phi) is 5.15. The number of hydrogen-bond acceptors (Lipinski definition) is 3. The van der Waals surface area contributed by atoms with E-state index in [1.807, 2.05) is 43.3 Å². The van der Waals surface area contributed by atoms with Crippen LogP contribution in [0.4, 0.5) is 5.69 Å². The van der Waals surface area contributed by atoms with E-state index in [4.69, 9.17) is 5.73 Å². The zero-order valence-corrected chi connectivity index (χ0v) is 13.3. The molecular weight excluding hydrogens is 274 g/mol. The molecule has 0 aliphatic heterocycles. The van der Waals surface area contributed by atoms with Crippen LogP contribution < -0.4 is 11.1 Å². The fourth-order valence-electron chi connectivity index (χ4n) is 2.42. The molecule has 1 amide bonds. The van der Waals surface area contributed by atoms with Gasteiger partial charge in [0, 0.05) is 11.9 Å². The van der Waals surface area contributed by atoms with Crippen LogP contribution in [0.25, 0.3) is 0 Å². The third-order valence-corrected chi connectivity index (χ3v) is 3.67. The molecule has 0 bridgehead atoms. The van der Waals surface area contributed by atoms with Gasteiger partial charge in [0.25, 0.3) is 0 Å². The Balaban J connectivity index is 2.10. The minimum atomic E-state index is -0.0810.